The van der Waals surface area contributed by atoms with E-state index in [2.05, 4.69) is 53.7 Å². The molecule has 1 aliphatic carbocycles. The first-order chi connectivity index (χ1) is 6.55. The quantitative estimate of drug-likeness (QED) is 0.689. The Labute approximate surface area is 95.1 Å². The van der Waals surface area contributed by atoms with Gasteiger partial charge in [0.05, 0.1) is 0 Å². The highest BCUT2D eigenvalue weighted by atomic mass is 14.8. The zero-order valence-electron chi connectivity index (χ0n) is 11.2. The zero-order chi connectivity index (χ0) is 11.9. The van der Waals surface area contributed by atoms with Crippen molar-refractivity contribution < 1.29 is 0 Å². The van der Waals surface area contributed by atoms with Crippen LogP contribution < -0.4 is 5.73 Å². The van der Waals surface area contributed by atoms with E-state index in [1.807, 2.05) is 0 Å². The van der Waals surface area contributed by atoms with Crippen molar-refractivity contribution in [2.75, 3.05) is 0 Å². The predicted octanol–water partition coefficient (Wildman–Crippen LogP) is 3.74. The lowest BCUT2D eigenvalue weighted by Gasteiger charge is -2.39. The van der Waals surface area contributed by atoms with Gasteiger partial charge in [-0.3, -0.25) is 0 Å². The normalized spacial score (nSPS) is 21.3. The van der Waals surface area contributed by atoms with Gasteiger partial charge in [0, 0.05) is 5.54 Å². The van der Waals surface area contributed by atoms with Crippen LogP contribution in [0.4, 0.5) is 0 Å². The molecule has 0 aliphatic heterocycles. The fraction of sp³-hybridized carbons (Fsp3) is 0.857. The van der Waals surface area contributed by atoms with Crippen LogP contribution in [-0.2, 0) is 0 Å². The van der Waals surface area contributed by atoms with E-state index in [4.69, 9.17) is 5.73 Å². The van der Waals surface area contributed by atoms with E-state index >= 15 is 0 Å². The summed E-state index contributed by atoms with van der Waals surface area (Å²) in [4.78, 5) is 0. The van der Waals surface area contributed by atoms with Crippen LogP contribution in [0.3, 0.4) is 0 Å². The van der Waals surface area contributed by atoms with Crippen molar-refractivity contribution in [1.82, 2.24) is 0 Å². The summed E-state index contributed by atoms with van der Waals surface area (Å²) in [6.45, 7) is 13.9. The van der Waals surface area contributed by atoms with Crippen LogP contribution in [0.2, 0.25) is 0 Å². The molecule has 0 heterocycles. The van der Waals surface area contributed by atoms with Gasteiger partial charge in [0.15, 0.2) is 0 Å². The van der Waals surface area contributed by atoms with Crippen LogP contribution in [0, 0.1) is 16.7 Å². The summed E-state index contributed by atoms with van der Waals surface area (Å²) < 4.78 is 0. The summed E-state index contributed by atoms with van der Waals surface area (Å²) in [6, 6.07) is 0. The van der Waals surface area contributed by atoms with Gasteiger partial charge in [-0.15, -0.1) is 0 Å². The second kappa shape index (κ2) is 3.62. The fourth-order valence-electron chi connectivity index (χ4n) is 2.48. The number of allylic oxidation sites excluding steroid dienone is 1. The van der Waals surface area contributed by atoms with E-state index < -0.39 is 0 Å². The molecular weight excluding hydrogens is 182 g/mol. The standard InChI is InChI=1S/C14H27N/c1-12(2,3)11(13(4,5)6)7-8-14(15)9-10-14/h7-8,11H,9-10,15H2,1-6H3. The number of nitrogens with two attached hydrogens (primary N) is 1. The van der Waals surface area contributed by atoms with E-state index in [1.54, 1.807) is 0 Å². The highest BCUT2D eigenvalue weighted by molar-refractivity contribution is 5.17. The van der Waals surface area contributed by atoms with Crippen molar-refractivity contribution in [3.63, 3.8) is 0 Å². The minimum absolute atomic E-state index is 0.0365. The average molecular weight is 209 g/mol. The van der Waals surface area contributed by atoms with E-state index in [0.717, 1.165) is 12.8 Å². The molecular formula is C14H27N. The van der Waals surface area contributed by atoms with Gasteiger partial charge >= 0.3 is 0 Å². The molecule has 0 bridgehead atoms. The molecule has 0 amide bonds. The Morgan fingerprint density at radius 2 is 1.40 bits per heavy atom. The second-order valence-corrected chi connectivity index (χ2v) is 7.30. The Balaban J connectivity index is 2.79. The first-order valence-corrected chi connectivity index (χ1v) is 6.03. The first kappa shape index (κ1) is 12.8. The Bertz CT molecular complexity index is 231. The Morgan fingerprint density at radius 1 is 1.00 bits per heavy atom. The predicted molar refractivity (Wildman–Crippen MR) is 67.7 cm³/mol. The van der Waals surface area contributed by atoms with Crippen molar-refractivity contribution in [3.8, 4) is 0 Å². The highest BCUT2D eigenvalue weighted by Crippen LogP contribution is 2.42. The Morgan fingerprint density at radius 3 is 1.67 bits per heavy atom. The van der Waals surface area contributed by atoms with E-state index in [0.29, 0.717) is 16.7 Å². The molecule has 1 rings (SSSR count). The highest BCUT2D eigenvalue weighted by Gasteiger charge is 2.37. The average Bonchev–Trinajstić information content (AvgIpc) is 2.62. The third-order valence-corrected chi connectivity index (χ3v) is 3.31. The zero-order valence-corrected chi connectivity index (χ0v) is 11.2. The molecule has 1 fully saturated rings. The molecule has 0 aromatic carbocycles. The molecule has 1 aliphatic rings. The lowest BCUT2D eigenvalue weighted by Crippen LogP contribution is -2.31. The van der Waals surface area contributed by atoms with Gasteiger partial charge in [0.1, 0.15) is 0 Å². The molecule has 88 valence electrons. The maximum Gasteiger partial charge on any atom is 0.0340 e. The molecule has 0 spiro atoms. The number of rotatable bonds is 2. The molecule has 0 aromatic rings. The van der Waals surface area contributed by atoms with E-state index in [9.17, 15) is 0 Å². The van der Waals surface area contributed by atoms with Crippen molar-refractivity contribution in [1.29, 1.82) is 0 Å². The molecule has 15 heavy (non-hydrogen) atoms. The second-order valence-electron chi connectivity index (χ2n) is 7.30. The Kier molecular flexibility index (Phi) is 3.08. The molecule has 0 unspecified atom stereocenters. The monoisotopic (exact) mass is 209 g/mol. The van der Waals surface area contributed by atoms with Gasteiger partial charge in [0.25, 0.3) is 0 Å². The van der Waals surface area contributed by atoms with Crippen LogP contribution >= 0.6 is 0 Å². The number of hydrogen-bond acceptors (Lipinski definition) is 1. The van der Waals surface area contributed by atoms with Crippen molar-refractivity contribution in [2.24, 2.45) is 22.5 Å². The third kappa shape index (κ3) is 3.64. The van der Waals surface area contributed by atoms with Crippen LogP contribution in [0.5, 0.6) is 0 Å². The molecule has 1 saturated carbocycles. The van der Waals surface area contributed by atoms with Crippen molar-refractivity contribution in [3.05, 3.63) is 12.2 Å². The third-order valence-electron chi connectivity index (χ3n) is 3.31. The molecule has 0 radical (unpaired) electrons. The van der Waals surface area contributed by atoms with Gasteiger partial charge in [-0.1, -0.05) is 53.7 Å². The molecule has 0 aromatic heterocycles. The van der Waals surface area contributed by atoms with Gasteiger partial charge < -0.3 is 5.73 Å². The van der Waals surface area contributed by atoms with Crippen LogP contribution in [0.25, 0.3) is 0 Å². The SMILES string of the molecule is CC(C)(C)C(C=CC1(N)CC1)C(C)(C)C. The Hall–Kier alpha value is -0.300. The largest absolute Gasteiger partial charge is 0.322 e. The summed E-state index contributed by atoms with van der Waals surface area (Å²) in [6.07, 6.45) is 6.91. The summed E-state index contributed by atoms with van der Waals surface area (Å²) in [7, 11) is 0. The van der Waals surface area contributed by atoms with Crippen LogP contribution in [0.1, 0.15) is 54.4 Å². The van der Waals surface area contributed by atoms with E-state index in [-0.39, 0.29) is 5.54 Å². The van der Waals surface area contributed by atoms with E-state index in [1.165, 1.54) is 0 Å². The summed E-state index contributed by atoms with van der Waals surface area (Å²) in [5.74, 6) is 0.575. The van der Waals surface area contributed by atoms with Gasteiger partial charge in [0.2, 0.25) is 0 Å². The minimum atomic E-state index is 0.0365. The van der Waals surface area contributed by atoms with Gasteiger partial charge in [-0.25, -0.2) is 0 Å². The number of hydrogen-bond donors (Lipinski definition) is 1. The molecule has 1 nitrogen and oxygen atoms in total. The summed E-state index contributed by atoms with van der Waals surface area (Å²) >= 11 is 0. The molecule has 1 heteroatoms. The van der Waals surface area contributed by atoms with Crippen LogP contribution in [0.15, 0.2) is 12.2 Å². The minimum Gasteiger partial charge on any atom is -0.322 e. The molecule has 0 saturated heterocycles. The topological polar surface area (TPSA) is 26.0 Å². The van der Waals surface area contributed by atoms with Crippen LogP contribution in [-0.4, -0.2) is 5.54 Å². The smallest absolute Gasteiger partial charge is 0.0340 e. The lowest BCUT2D eigenvalue weighted by molar-refractivity contribution is 0.148. The molecule has 0 atom stereocenters. The summed E-state index contributed by atoms with van der Waals surface area (Å²) in [5, 5.41) is 0. The maximum atomic E-state index is 6.09. The van der Waals surface area contributed by atoms with Crippen molar-refractivity contribution >= 4 is 0 Å². The fourth-order valence-corrected chi connectivity index (χ4v) is 2.48. The van der Waals surface area contributed by atoms with Gasteiger partial charge in [-0.2, -0.15) is 0 Å². The van der Waals surface area contributed by atoms with Gasteiger partial charge in [-0.05, 0) is 29.6 Å². The summed E-state index contributed by atoms with van der Waals surface area (Å²) in [5.41, 5.74) is 6.74. The lowest BCUT2D eigenvalue weighted by atomic mass is 9.66. The maximum absolute atomic E-state index is 6.09. The molecule has 2 N–H and O–H groups in total. The first-order valence-electron chi connectivity index (χ1n) is 6.03. The van der Waals surface area contributed by atoms with Crippen molar-refractivity contribution in [2.45, 2.75) is 59.9 Å².